The van der Waals surface area contributed by atoms with Gasteiger partial charge in [0.15, 0.2) is 0 Å². The Bertz CT molecular complexity index is 3550. The van der Waals surface area contributed by atoms with Gasteiger partial charge in [-0.1, -0.05) is 200 Å². The predicted octanol–water partition coefficient (Wildman–Crippen LogP) is 16.9. The summed E-state index contributed by atoms with van der Waals surface area (Å²) >= 11 is 0. The minimum absolute atomic E-state index is 1.20. The number of rotatable bonds is 5. The predicted molar refractivity (Wildman–Crippen MR) is 259 cm³/mol. The molecule has 0 radical (unpaired) electrons. The van der Waals surface area contributed by atoms with E-state index >= 15 is 0 Å². The SMILES string of the molecule is c1ccc2cc(-c3ccc4c(-c5cc(-c6cccc7ccccc67)cc(-c6cccc7ccccc67)c5)c5ccccc5c(-c5cccc6ccccc56)c4c3)ccc2c1. The summed E-state index contributed by atoms with van der Waals surface area (Å²) in [5.41, 5.74) is 12.3. The Labute approximate surface area is 349 Å². The highest BCUT2D eigenvalue weighted by atomic mass is 14.2. The van der Waals surface area contributed by atoms with Crippen LogP contribution < -0.4 is 0 Å². The zero-order valence-corrected chi connectivity index (χ0v) is 32.9. The molecule has 0 nitrogen and oxygen atoms in total. The summed E-state index contributed by atoms with van der Waals surface area (Å²) in [6, 6.07) is 85.5. The van der Waals surface area contributed by atoms with Gasteiger partial charge in [-0.05, 0) is 151 Å². The van der Waals surface area contributed by atoms with Crippen molar-refractivity contribution in [3.8, 4) is 55.6 Å². The first-order valence-electron chi connectivity index (χ1n) is 20.8. The van der Waals surface area contributed by atoms with E-state index in [1.165, 1.54) is 120 Å². The highest BCUT2D eigenvalue weighted by molar-refractivity contribution is 6.24. The molecule has 0 heteroatoms. The second-order valence-corrected chi connectivity index (χ2v) is 16.0. The Morgan fingerprint density at radius 2 is 0.567 bits per heavy atom. The van der Waals surface area contributed by atoms with Crippen LogP contribution in [0.5, 0.6) is 0 Å². The van der Waals surface area contributed by atoms with Gasteiger partial charge in [-0.15, -0.1) is 0 Å². The Morgan fingerprint density at radius 1 is 0.167 bits per heavy atom. The van der Waals surface area contributed by atoms with E-state index < -0.39 is 0 Å². The standard InChI is InChI=1S/C60H38/c1-2-18-43-34-44(31-30-39(43)14-1)45-32-33-57-58(38-45)60(54-29-13-21-42-17-5-8-24-51(42)54)56-26-10-9-25-55(56)59(57)48-36-46(52-27-11-19-40-15-3-6-22-49(40)52)35-47(37-48)53-28-12-20-41-16-4-7-23-50(41)53/h1-38H. The first-order chi connectivity index (χ1) is 29.7. The van der Waals surface area contributed by atoms with Gasteiger partial charge in [-0.2, -0.15) is 0 Å². The fraction of sp³-hybridized carbons (Fsp3) is 0. The minimum atomic E-state index is 1.20. The van der Waals surface area contributed by atoms with Crippen LogP contribution in [0.2, 0.25) is 0 Å². The van der Waals surface area contributed by atoms with Crippen molar-refractivity contribution < 1.29 is 0 Å². The molecule has 0 atom stereocenters. The quantitative estimate of drug-likeness (QED) is 0.153. The molecule has 0 aliphatic rings. The molecule has 60 heavy (non-hydrogen) atoms. The van der Waals surface area contributed by atoms with Crippen molar-refractivity contribution in [1.29, 1.82) is 0 Å². The molecule has 0 aliphatic heterocycles. The van der Waals surface area contributed by atoms with Gasteiger partial charge in [0, 0.05) is 0 Å². The van der Waals surface area contributed by atoms with Gasteiger partial charge in [0.1, 0.15) is 0 Å². The Morgan fingerprint density at radius 3 is 1.17 bits per heavy atom. The smallest absolute Gasteiger partial charge is 0.00199 e. The molecule has 0 heterocycles. The van der Waals surface area contributed by atoms with Crippen LogP contribution in [0.3, 0.4) is 0 Å². The van der Waals surface area contributed by atoms with E-state index in [1.54, 1.807) is 0 Å². The summed E-state index contributed by atoms with van der Waals surface area (Å²) in [7, 11) is 0. The highest BCUT2D eigenvalue weighted by Crippen LogP contribution is 2.48. The van der Waals surface area contributed by atoms with Gasteiger partial charge < -0.3 is 0 Å². The van der Waals surface area contributed by atoms with Gasteiger partial charge in [-0.25, -0.2) is 0 Å². The molecule has 0 amide bonds. The lowest BCUT2D eigenvalue weighted by Gasteiger charge is -2.21. The van der Waals surface area contributed by atoms with Crippen molar-refractivity contribution in [2.75, 3.05) is 0 Å². The van der Waals surface area contributed by atoms with E-state index in [0.29, 0.717) is 0 Å². The van der Waals surface area contributed by atoms with Crippen molar-refractivity contribution in [2.24, 2.45) is 0 Å². The van der Waals surface area contributed by atoms with Crippen LogP contribution in [-0.4, -0.2) is 0 Å². The molecule has 0 bridgehead atoms. The molecule has 0 aromatic heterocycles. The van der Waals surface area contributed by atoms with Crippen molar-refractivity contribution in [1.82, 2.24) is 0 Å². The van der Waals surface area contributed by atoms with Crippen LogP contribution in [0.25, 0.3) is 120 Å². The number of fused-ring (bicyclic) bond motifs is 6. The van der Waals surface area contributed by atoms with Crippen LogP contribution in [0.4, 0.5) is 0 Å². The Hall–Kier alpha value is -7.80. The second kappa shape index (κ2) is 13.9. The van der Waals surface area contributed by atoms with Gasteiger partial charge in [-0.3, -0.25) is 0 Å². The highest BCUT2D eigenvalue weighted by Gasteiger charge is 2.21. The van der Waals surface area contributed by atoms with E-state index in [1.807, 2.05) is 0 Å². The zero-order chi connectivity index (χ0) is 39.6. The van der Waals surface area contributed by atoms with Gasteiger partial charge in [0.25, 0.3) is 0 Å². The molecular formula is C60H38. The maximum absolute atomic E-state index is 2.45. The lowest BCUT2D eigenvalue weighted by atomic mass is 9.82. The first kappa shape index (κ1) is 34.3. The monoisotopic (exact) mass is 758 g/mol. The summed E-state index contributed by atoms with van der Waals surface area (Å²) in [6.45, 7) is 0. The topological polar surface area (TPSA) is 0 Å². The van der Waals surface area contributed by atoms with Crippen molar-refractivity contribution in [2.45, 2.75) is 0 Å². The summed E-state index contributed by atoms with van der Waals surface area (Å²) in [5.74, 6) is 0. The molecule has 0 fully saturated rings. The van der Waals surface area contributed by atoms with Crippen LogP contribution in [0.15, 0.2) is 231 Å². The van der Waals surface area contributed by atoms with Crippen LogP contribution in [0.1, 0.15) is 0 Å². The second-order valence-electron chi connectivity index (χ2n) is 16.0. The molecule has 0 unspecified atom stereocenters. The van der Waals surface area contributed by atoms with E-state index in [2.05, 4.69) is 231 Å². The van der Waals surface area contributed by atoms with E-state index in [4.69, 9.17) is 0 Å². The van der Waals surface area contributed by atoms with Gasteiger partial charge in [0.2, 0.25) is 0 Å². The maximum Gasteiger partial charge on any atom is -0.00199 e. The third kappa shape index (κ3) is 5.61. The molecule has 0 saturated carbocycles. The van der Waals surface area contributed by atoms with Crippen LogP contribution in [0, 0.1) is 0 Å². The molecule has 0 spiro atoms. The van der Waals surface area contributed by atoms with E-state index in [9.17, 15) is 0 Å². The molecular weight excluding hydrogens is 721 g/mol. The van der Waals surface area contributed by atoms with E-state index in [-0.39, 0.29) is 0 Å². The molecule has 12 aromatic rings. The van der Waals surface area contributed by atoms with E-state index in [0.717, 1.165) is 0 Å². The fourth-order valence-electron chi connectivity index (χ4n) is 9.81. The summed E-state index contributed by atoms with van der Waals surface area (Å²) in [5, 5.41) is 14.9. The molecule has 0 N–H and O–H groups in total. The summed E-state index contributed by atoms with van der Waals surface area (Å²) < 4.78 is 0. The summed E-state index contributed by atoms with van der Waals surface area (Å²) in [6.07, 6.45) is 0. The fourth-order valence-corrected chi connectivity index (χ4v) is 9.81. The lowest BCUT2D eigenvalue weighted by molar-refractivity contribution is 1.61. The average Bonchev–Trinajstić information content (AvgIpc) is 3.32. The Kier molecular flexibility index (Phi) is 7.96. The average molecular weight is 759 g/mol. The van der Waals surface area contributed by atoms with Crippen molar-refractivity contribution in [3.05, 3.63) is 231 Å². The van der Waals surface area contributed by atoms with Crippen LogP contribution in [-0.2, 0) is 0 Å². The molecule has 0 saturated heterocycles. The summed E-state index contributed by atoms with van der Waals surface area (Å²) in [4.78, 5) is 0. The van der Waals surface area contributed by atoms with Gasteiger partial charge in [0.05, 0.1) is 0 Å². The third-order valence-corrected chi connectivity index (χ3v) is 12.6. The maximum atomic E-state index is 2.45. The normalized spacial score (nSPS) is 11.7. The zero-order valence-electron chi connectivity index (χ0n) is 32.9. The van der Waals surface area contributed by atoms with Crippen molar-refractivity contribution >= 4 is 64.6 Å². The molecule has 12 aromatic carbocycles. The molecule has 12 rings (SSSR count). The lowest BCUT2D eigenvalue weighted by Crippen LogP contribution is -1.94. The Balaban J connectivity index is 1.21. The third-order valence-electron chi connectivity index (χ3n) is 12.6. The number of benzene rings is 12. The molecule has 0 aliphatic carbocycles. The van der Waals surface area contributed by atoms with Crippen molar-refractivity contribution in [3.63, 3.8) is 0 Å². The number of hydrogen-bond donors (Lipinski definition) is 0. The first-order valence-corrected chi connectivity index (χ1v) is 20.8. The largest absolute Gasteiger partial charge is 0.0616 e. The minimum Gasteiger partial charge on any atom is -0.0616 e. The number of hydrogen-bond acceptors (Lipinski definition) is 0. The van der Waals surface area contributed by atoms with Gasteiger partial charge >= 0.3 is 0 Å². The molecule has 278 valence electrons. The van der Waals surface area contributed by atoms with Crippen LogP contribution >= 0.6 is 0 Å².